The molecule has 0 aromatic carbocycles. The fourth-order valence-electron chi connectivity index (χ4n) is 5.41. The van der Waals surface area contributed by atoms with Crippen molar-refractivity contribution >= 4 is 17.9 Å². The van der Waals surface area contributed by atoms with Gasteiger partial charge >= 0.3 is 0 Å². The van der Waals surface area contributed by atoms with E-state index >= 15 is 0 Å². The average Bonchev–Trinajstić information content (AvgIpc) is 2.92. The van der Waals surface area contributed by atoms with Crippen molar-refractivity contribution in [1.29, 1.82) is 0 Å². The second kappa shape index (κ2) is 4.39. The lowest BCUT2D eigenvalue weighted by molar-refractivity contribution is -0.412. The molecule has 0 N–H and O–H groups in total. The number of piperidine rings is 2. The van der Waals surface area contributed by atoms with Crippen LogP contribution < -0.4 is 4.90 Å². The molecule has 4 aliphatic rings. The van der Waals surface area contributed by atoms with Crippen LogP contribution in [0.2, 0.25) is 0 Å². The first-order valence-corrected chi connectivity index (χ1v) is 8.95. The van der Waals surface area contributed by atoms with Crippen molar-refractivity contribution in [1.82, 2.24) is 19.6 Å². The SMILES string of the molecule is CC(F)(F)CCc1cc2nc(C=O)nc(N3C4CC5OC6CC3C564)n2n1. The molecule has 4 heterocycles. The molecule has 26 heavy (non-hydrogen) atoms. The number of nitrogens with zero attached hydrogens (tertiary/aromatic N) is 5. The van der Waals surface area contributed by atoms with Gasteiger partial charge in [-0.15, -0.1) is 0 Å². The third kappa shape index (κ3) is 1.57. The van der Waals surface area contributed by atoms with E-state index < -0.39 is 5.92 Å². The monoisotopic (exact) mass is 361 g/mol. The predicted octanol–water partition coefficient (Wildman–Crippen LogP) is 1.64. The number of anilines is 1. The summed E-state index contributed by atoms with van der Waals surface area (Å²) >= 11 is 0. The number of aryl methyl sites for hydroxylation is 1. The molecular formula is C17H17F2N5O2. The van der Waals surface area contributed by atoms with Gasteiger partial charge in [-0.25, -0.2) is 13.8 Å². The summed E-state index contributed by atoms with van der Waals surface area (Å²) in [6.07, 6.45) is 3.16. The Balaban J connectivity index is 1.38. The Kier molecular flexibility index (Phi) is 2.52. The molecule has 2 aliphatic carbocycles. The van der Waals surface area contributed by atoms with Gasteiger partial charge in [0, 0.05) is 24.6 Å². The van der Waals surface area contributed by atoms with Gasteiger partial charge in [0.2, 0.25) is 11.9 Å². The van der Waals surface area contributed by atoms with Crippen molar-refractivity contribution in [3.05, 3.63) is 17.6 Å². The normalized spacial score (nSPS) is 36.3. The summed E-state index contributed by atoms with van der Waals surface area (Å²) in [5.41, 5.74) is 1.30. The summed E-state index contributed by atoms with van der Waals surface area (Å²) < 4.78 is 33.7. The highest BCUT2D eigenvalue weighted by atomic mass is 19.3. The summed E-state index contributed by atoms with van der Waals surface area (Å²) in [5.74, 6) is -2.05. The molecule has 4 fully saturated rings. The molecular weight excluding hydrogens is 344 g/mol. The lowest BCUT2D eigenvalue weighted by Gasteiger charge is -2.87. The maximum Gasteiger partial charge on any atom is 0.245 e. The molecule has 2 saturated carbocycles. The van der Waals surface area contributed by atoms with Crippen molar-refractivity contribution < 1.29 is 18.3 Å². The molecule has 6 rings (SSSR count). The van der Waals surface area contributed by atoms with Crippen molar-refractivity contribution in [3.63, 3.8) is 0 Å². The fraction of sp³-hybridized carbons (Fsp3) is 0.647. The molecule has 2 aromatic rings. The number of fused-ring (bicyclic) bond motifs is 1. The van der Waals surface area contributed by atoms with Gasteiger partial charge in [-0.05, 0) is 26.2 Å². The van der Waals surface area contributed by atoms with Gasteiger partial charge in [0.25, 0.3) is 0 Å². The maximum absolute atomic E-state index is 13.2. The van der Waals surface area contributed by atoms with Gasteiger partial charge in [0.15, 0.2) is 17.8 Å². The van der Waals surface area contributed by atoms with Crippen LogP contribution in [0.4, 0.5) is 14.7 Å². The third-order valence-corrected chi connectivity index (χ3v) is 6.68. The Labute approximate surface area is 147 Å². The molecule has 0 bridgehead atoms. The highest BCUT2D eigenvalue weighted by Crippen LogP contribution is 2.76. The Hall–Kier alpha value is -2.16. The van der Waals surface area contributed by atoms with Crippen LogP contribution in [0.5, 0.6) is 0 Å². The number of hydrogen-bond acceptors (Lipinski definition) is 6. The van der Waals surface area contributed by atoms with Gasteiger partial charge in [-0.2, -0.15) is 14.6 Å². The number of carbonyl (C=O) groups excluding carboxylic acids is 1. The second-order valence-corrected chi connectivity index (χ2v) is 8.00. The zero-order valence-electron chi connectivity index (χ0n) is 14.1. The van der Waals surface area contributed by atoms with Gasteiger partial charge in [0.05, 0.1) is 23.3 Å². The molecule has 4 atom stereocenters. The van der Waals surface area contributed by atoms with Crippen molar-refractivity contribution in [2.45, 2.75) is 62.8 Å². The molecule has 9 heteroatoms. The van der Waals surface area contributed by atoms with Crippen LogP contribution in [0.1, 0.15) is 42.5 Å². The van der Waals surface area contributed by atoms with E-state index in [1.165, 1.54) is 0 Å². The van der Waals surface area contributed by atoms with Crippen molar-refractivity contribution in [2.24, 2.45) is 5.41 Å². The smallest absolute Gasteiger partial charge is 0.245 e. The van der Waals surface area contributed by atoms with Crippen molar-refractivity contribution in [3.8, 4) is 0 Å². The standard InChI is InChI=1S/C17H17F2N5O2/c1-16(18,19)3-2-8-4-14-20-13(7-25)21-15(24(14)22-8)23-9-5-11-17(9)10(23)6-12(17)26-11/h4,7,9-12H,2-3,5-6H2,1H3. The zero-order valence-corrected chi connectivity index (χ0v) is 14.1. The topological polar surface area (TPSA) is 72.6 Å². The van der Waals surface area contributed by atoms with Crippen LogP contribution >= 0.6 is 0 Å². The maximum atomic E-state index is 13.2. The van der Waals surface area contributed by atoms with E-state index in [4.69, 9.17) is 4.74 Å². The van der Waals surface area contributed by atoms with Crippen LogP contribution in [0.3, 0.4) is 0 Å². The zero-order chi connectivity index (χ0) is 17.8. The fourth-order valence-corrected chi connectivity index (χ4v) is 5.41. The van der Waals surface area contributed by atoms with E-state index in [2.05, 4.69) is 20.0 Å². The first-order chi connectivity index (χ1) is 12.4. The molecule has 0 radical (unpaired) electrons. The number of halogens is 2. The summed E-state index contributed by atoms with van der Waals surface area (Å²) in [4.78, 5) is 22.1. The molecule has 4 unspecified atom stereocenters. The van der Waals surface area contributed by atoms with Gasteiger partial charge in [0.1, 0.15) is 0 Å². The largest absolute Gasteiger partial charge is 0.373 e. The van der Waals surface area contributed by atoms with E-state index in [0.717, 1.165) is 19.8 Å². The number of carbonyl (C=O) groups is 1. The minimum absolute atomic E-state index is 0.0947. The summed E-state index contributed by atoms with van der Waals surface area (Å²) in [5, 5.41) is 4.46. The number of ether oxygens (including phenoxy) is 1. The summed E-state index contributed by atoms with van der Waals surface area (Å²) in [6, 6.07) is 2.41. The second-order valence-electron chi connectivity index (χ2n) is 8.00. The molecule has 1 spiro atoms. The minimum Gasteiger partial charge on any atom is -0.373 e. The van der Waals surface area contributed by atoms with E-state index in [1.807, 2.05) is 0 Å². The van der Waals surface area contributed by atoms with Crippen LogP contribution in [0.15, 0.2) is 6.07 Å². The van der Waals surface area contributed by atoms with E-state index in [1.54, 1.807) is 10.6 Å². The summed E-state index contributed by atoms with van der Waals surface area (Å²) in [6.45, 7) is 0.902. The van der Waals surface area contributed by atoms with Crippen LogP contribution in [0, 0.1) is 5.41 Å². The minimum atomic E-state index is -2.74. The van der Waals surface area contributed by atoms with Crippen LogP contribution in [-0.4, -0.2) is 56.1 Å². The Morgan fingerprint density at radius 1 is 1.35 bits per heavy atom. The first-order valence-electron chi connectivity index (χ1n) is 8.95. The molecule has 0 amide bonds. The third-order valence-electron chi connectivity index (χ3n) is 6.68. The molecule has 2 saturated heterocycles. The quantitative estimate of drug-likeness (QED) is 0.754. The number of alkyl halides is 2. The molecule has 7 nitrogen and oxygen atoms in total. The number of rotatable bonds is 5. The highest BCUT2D eigenvalue weighted by molar-refractivity contribution is 5.72. The number of aromatic nitrogens is 4. The molecule has 2 aromatic heterocycles. The molecule has 2 aliphatic heterocycles. The number of hydrogen-bond donors (Lipinski definition) is 0. The lowest BCUT2D eigenvalue weighted by Crippen LogP contribution is -2.99. The summed E-state index contributed by atoms with van der Waals surface area (Å²) in [7, 11) is 0. The lowest BCUT2D eigenvalue weighted by atomic mass is 9.36. The van der Waals surface area contributed by atoms with Crippen molar-refractivity contribution in [2.75, 3.05) is 4.90 Å². The van der Waals surface area contributed by atoms with Gasteiger partial charge < -0.3 is 9.64 Å². The molecule has 136 valence electrons. The Bertz CT molecular complexity index is 933. The average molecular weight is 361 g/mol. The highest BCUT2D eigenvalue weighted by Gasteiger charge is 2.87. The van der Waals surface area contributed by atoms with Gasteiger partial charge in [-0.3, -0.25) is 4.79 Å². The Morgan fingerprint density at radius 2 is 2.08 bits per heavy atom. The predicted molar refractivity (Wildman–Crippen MR) is 85.5 cm³/mol. The van der Waals surface area contributed by atoms with Crippen LogP contribution in [-0.2, 0) is 11.2 Å². The van der Waals surface area contributed by atoms with E-state index in [0.29, 0.717) is 53.3 Å². The van der Waals surface area contributed by atoms with Gasteiger partial charge in [-0.1, -0.05) is 0 Å². The first kappa shape index (κ1) is 15.0. The van der Waals surface area contributed by atoms with E-state index in [-0.39, 0.29) is 18.7 Å². The number of aldehydes is 1. The van der Waals surface area contributed by atoms with Crippen LogP contribution in [0.25, 0.3) is 5.65 Å². The van der Waals surface area contributed by atoms with E-state index in [9.17, 15) is 13.6 Å². The Morgan fingerprint density at radius 3 is 2.69 bits per heavy atom.